The van der Waals surface area contributed by atoms with E-state index in [0.717, 1.165) is 30.5 Å². The minimum absolute atomic E-state index is 0. The molecule has 1 aromatic heterocycles. The first-order valence-corrected chi connectivity index (χ1v) is 11.6. The molecule has 1 aliphatic rings. The molecule has 0 bridgehead atoms. The van der Waals surface area contributed by atoms with Crippen molar-refractivity contribution in [3.8, 4) is 0 Å². The smallest absolute Gasteiger partial charge is 0.212 e. The number of benzene rings is 2. The van der Waals surface area contributed by atoms with Gasteiger partial charge >= 0.3 is 0 Å². The van der Waals surface area contributed by atoms with Gasteiger partial charge in [0.2, 0.25) is 5.52 Å². The van der Waals surface area contributed by atoms with Crippen molar-refractivity contribution >= 4 is 22.2 Å². The van der Waals surface area contributed by atoms with E-state index in [9.17, 15) is 0 Å². The van der Waals surface area contributed by atoms with Crippen molar-refractivity contribution in [2.24, 2.45) is 11.8 Å². The summed E-state index contributed by atoms with van der Waals surface area (Å²) in [6, 6.07) is 21.3. The van der Waals surface area contributed by atoms with Gasteiger partial charge < -0.3 is 28.9 Å². The largest absolute Gasteiger partial charge is 1.00 e. The van der Waals surface area contributed by atoms with Crippen LogP contribution in [0.15, 0.2) is 85.7 Å². The SMILES string of the molecule is C=C1C=CN(CCC(C)C)c2ccccc21.CC(C)CC[n+]1cccc2ccccc21.[I-]. The lowest BCUT2D eigenvalue weighted by molar-refractivity contribution is -0.672. The Morgan fingerprint density at radius 1 is 0.844 bits per heavy atom. The minimum Gasteiger partial charge on any atom is -1.00 e. The van der Waals surface area contributed by atoms with Gasteiger partial charge in [-0.1, -0.05) is 64.6 Å². The van der Waals surface area contributed by atoms with Crippen LogP contribution >= 0.6 is 0 Å². The predicted octanol–water partition coefficient (Wildman–Crippen LogP) is 4.26. The molecular weight excluding hydrogens is 503 g/mol. The number of aryl methyl sites for hydroxylation is 1. The lowest BCUT2D eigenvalue weighted by Gasteiger charge is -2.27. The van der Waals surface area contributed by atoms with E-state index < -0.39 is 0 Å². The molecule has 0 saturated carbocycles. The van der Waals surface area contributed by atoms with Crippen LogP contribution in [0, 0.1) is 11.8 Å². The molecule has 32 heavy (non-hydrogen) atoms. The van der Waals surface area contributed by atoms with Crippen LogP contribution in [0.3, 0.4) is 0 Å². The van der Waals surface area contributed by atoms with E-state index in [0.29, 0.717) is 0 Å². The van der Waals surface area contributed by atoms with Crippen LogP contribution in [0.2, 0.25) is 0 Å². The Kier molecular flexibility index (Phi) is 10.4. The van der Waals surface area contributed by atoms with E-state index in [4.69, 9.17) is 0 Å². The number of hydrogen-bond donors (Lipinski definition) is 0. The topological polar surface area (TPSA) is 7.12 Å². The molecule has 2 aromatic carbocycles. The van der Waals surface area contributed by atoms with Crippen LogP contribution in [0.25, 0.3) is 16.5 Å². The molecule has 0 unspecified atom stereocenters. The van der Waals surface area contributed by atoms with Crippen molar-refractivity contribution in [3.63, 3.8) is 0 Å². The third-order valence-electron chi connectivity index (χ3n) is 5.70. The molecule has 2 nitrogen and oxygen atoms in total. The van der Waals surface area contributed by atoms with E-state index in [1.165, 1.54) is 35.0 Å². The zero-order valence-corrected chi connectivity index (χ0v) is 22.1. The quantitative estimate of drug-likeness (QED) is 0.335. The summed E-state index contributed by atoms with van der Waals surface area (Å²) in [7, 11) is 0. The summed E-state index contributed by atoms with van der Waals surface area (Å²) in [4.78, 5) is 2.32. The lowest BCUT2D eigenvalue weighted by Crippen LogP contribution is -3.00. The molecule has 170 valence electrons. The van der Waals surface area contributed by atoms with Gasteiger partial charge in [0.05, 0.1) is 0 Å². The molecule has 4 rings (SSSR count). The molecule has 3 heteroatoms. The maximum atomic E-state index is 4.07. The zero-order valence-electron chi connectivity index (χ0n) is 20.0. The van der Waals surface area contributed by atoms with Crippen molar-refractivity contribution in [2.45, 2.75) is 47.1 Å². The van der Waals surface area contributed by atoms with Crippen molar-refractivity contribution in [2.75, 3.05) is 11.4 Å². The van der Waals surface area contributed by atoms with Gasteiger partial charge in [-0.25, -0.2) is 0 Å². The normalized spacial score (nSPS) is 12.4. The summed E-state index contributed by atoms with van der Waals surface area (Å²) in [5.74, 6) is 1.50. The van der Waals surface area contributed by atoms with Gasteiger partial charge in [0, 0.05) is 47.9 Å². The lowest BCUT2D eigenvalue weighted by atomic mass is 10.0. The van der Waals surface area contributed by atoms with Crippen LogP contribution in [0.4, 0.5) is 5.69 Å². The minimum atomic E-state index is 0. The van der Waals surface area contributed by atoms with Crippen LogP contribution in [-0.4, -0.2) is 6.54 Å². The van der Waals surface area contributed by atoms with Gasteiger partial charge in [0.15, 0.2) is 6.20 Å². The van der Waals surface area contributed by atoms with E-state index in [1.54, 1.807) is 0 Å². The predicted molar refractivity (Wildman–Crippen MR) is 135 cm³/mol. The summed E-state index contributed by atoms with van der Waals surface area (Å²) in [6.45, 7) is 15.3. The highest BCUT2D eigenvalue weighted by molar-refractivity contribution is 5.84. The second-order valence-electron chi connectivity index (χ2n) is 9.18. The molecule has 0 radical (unpaired) electrons. The first-order valence-electron chi connectivity index (χ1n) is 11.6. The Morgan fingerprint density at radius 2 is 1.50 bits per heavy atom. The highest BCUT2D eigenvalue weighted by Crippen LogP contribution is 2.31. The summed E-state index contributed by atoms with van der Waals surface area (Å²) in [5, 5.41) is 1.32. The summed E-state index contributed by atoms with van der Waals surface area (Å²) in [6.07, 6.45) is 8.87. The number of hydrogen-bond acceptors (Lipinski definition) is 1. The first-order chi connectivity index (χ1) is 15.0. The highest BCUT2D eigenvalue weighted by atomic mass is 127. The van der Waals surface area contributed by atoms with Gasteiger partial charge in [-0.05, 0) is 48.1 Å². The number of aromatic nitrogens is 1. The second kappa shape index (κ2) is 12.8. The molecule has 0 N–H and O–H groups in total. The fourth-order valence-corrected chi connectivity index (χ4v) is 3.75. The van der Waals surface area contributed by atoms with Crippen molar-refractivity contribution in [1.82, 2.24) is 0 Å². The van der Waals surface area contributed by atoms with Gasteiger partial charge in [-0.2, -0.15) is 4.57 Å². The molecule has 0 spiro atoms. The summed E-state index contributed by atoms with van der Waals surface area (Å²) in [5.41, 5.74) is 4.99. The van der Waals surface area contributed by atoms with Crippen molar-refractivity contribution in [3.05, 3.63) is 91.3 Å². The van der Waals surface area contributed by atoms with Gasteiger partial charge in [-0.15, -0.1) is 0 Å². The van der Waals surface area contributed by atoms with E-state index in [-0.39, 0.29) is 24.0 Å². The molecule has 0 aliphatic carbocycles. The Labute approximate surface area is 211 Å². The number of pyridine rings is 1. The standard InChI is InChI=1S/C15H19N.C14H18N.HI/c1-12(2)8-10-16-11-9-13(3)14-6-4-5-7-15(14)16;1-12(2)9-11-15-10-5-7-13-6-3-4-8-14(13)15;/h4-7,9,11-12H,3,8,10H2,1-2H3;3-8,10,12H,9,11H2,1-2H3;1H/q;+1;/p-1. The zero-order chi connectivity index (χ0) is 22.2. The maximum Gasteiger partial charge on any atom is 0.212 e. The Morgan fingerprint density at radius 3 is 2.25 bits per heavy atom. The Balaban J connectivity index is 0.000000220. The van der Waals surface area contributed by atoms with Gasteiger partial charge in [0.1, 0.15) is 6.54 Å². The van der Waals surface area contributed by atoms with E-state index in [1.807, 2.05) is 0 Å². The fourth-order valence-electron chi connectivity index (χ4n) is 3.75. The third-order valence-corrected chi connectivity index (χ3v) is 5.70. The molecule has 1 aliphatic heterocycles. The molecule has 3 aromatic rings. The molecule has 2 heterocycles. The second-order valence-corrected chi connectivity index (χ2v) is 9.18. The monoisotopic (exact) mass is 540 g/mol. The van der Waals surface area contributed by atoms with Gasteiger partial charge in [-0.3, -0.25) is 0 Å². The molecule has 0 fully saturated rings. The Bertz CT molecular complexity index is 1030. The van der Waals surface area contributed by atoms with E-state index in [2.05, 4.69) is 123 Å². The number of nitrogens with zero attached hydrogens (tertiary/aromatic N) is 2. The number of halogens is 1. The fraction of sp³-hybridized carbons (Fsp3) is 0.345. The van der Waals surface area contributed by atoms with Crippen LogP contribution < -0.4 is 33.4 Å². The van der Waals surface area contributed by atoms with Crippen molar-refractivity contribution < 1.29 is 28.5 Å². The third kappa shape index (κ3) is 7.19. The number of allylic oxidation sites excluding steroid dienone is 2. The van der Waals surface area contributed by atoms with E-state index >= 15 is 0 Å². The number of rotatable bonds is 6. The first kappa shape index (κ1) is 26.1. The average molecular weight is 541 g/mol. The van der Waals surface area contributed by atoms with Crippen LogP contribution in [-0.2, 0) is 6.54 Å². The van der Waals surface area contributed by atoms with Crippen molar-refractivity contribution in [1.29, 1.82) is 0 Å². The summed E-state index contributed by atoms with van der Waals surface area (Å²) < 4.78 is 2.34. The number of anilines is 1. The summed E-state index contributed by atoms with van der Waals surface area (Å²) >= 11 is 0. The number of fused-ring (bicyclic) bond motifs is 2. The molecule has 0 atom stereocenters. The van der Waals surface area contributed by atoms with Crippen LogP contribution in [0.5, 0.6) is 0 Å². The molecule has 0 amide bonds. The maximum absolute atomic E-state index is 4.07. The average Bonchev–Trinajstić information content (AvgIpc) is 2.78. The highest BCUT2D eigenvalue weighted by Gasteiger charge is 2.14. The Hall–Kier alpha value is -2.14. The molecular formula is C29H37IN2. The van der Waals surface area contributed by atoms with Gasteiger partial charge in [0.25, 0.3) is 0 Å². The molecule has 0 saturated heterocycles. The van der Waals surface area contributed by atoms with Crippen LogP contribution in [0.1, 0.15) is 46.1 Å². The number of para-hydroxylation sites is 2.